The smallest absolute Gasteiger partial charge is 0.423 e. The van der Waals surface area contributed by atoms with Crippen LogP contribution in [0.15, 0.2) is 12.1 Å². The molecule has 74 valence electrons. The van der Waals surface area contributed by atoms with Crippen molar-refractivity contribution in [1.82, 2.24) is 0 Å². The maximum Gasteiger partial charge on any atom is 0.491 e. The number of benzene rings is 1. The number of ketones is 1. The Hall–Kier alpha value is -1.27. The molecule has 0 radical (unpaired) electrons. The van der Waals surface area contributed by atoms with Gasteiger partial charge in [-0.1, -0.05) is 6.07 Å². The zero-order valence-corrected chi connectivity index (χ0v) is 7.29. The average Bonchev–Trinajstić information content (AvgIpc) is 2.02. The maximum absolute atomic E-state index is 13.3. The first-order chi connectivity index (χ1) is 6.45. The summed E-state index contributed by atoms with van der Waals surface area (Å²) < 4.78 is 26.2. The lowest BCUT2D eigenvalue weighted by atomic mass is 9.78. The topological polar surface area (TPSA) is 57.5 Å². The minimum absolute atomic E-state index is 0.517. The van der Waals surface area contributed by atoms with Crippen molar-refractivity contribution in [1.29, 1.82) is 0 Å². The van der Waals surface area contributed by atoms with Crippen LogP contribution < -0.4 is 5.46 Å². The van der Waals surface area contributed by atoms with Gasteiger partial charge in [-0.05, 0) is 13.0 Å². The Balaban J connectivity index is 3.41. The Morgan fingerprint density at radius 2 is 1.93 bits per heavy atom. The zero-order chi connectivity index (χ0) is 10.9. The Morgan fingerprint density at radius 1 is 1.36 bits per heavy atom. The molecule has 0 unspecified atom stereocenters. The predicted molar refractivity (Wildman–Crippen MR) is 46.2 cm³/mol. The van der Waals surface area contributed by atoms with Crippen LogP contribution in [-0.2, 0) is 0 Å². The molecule has 3 nitrogen and oxygen atoms in total. The van der Waals surface area contributed by atoms with Crippen LogP contribution in [0.1, 0.15) is 17.3 Å². The van der Waals surface area contributed by atoms with E-state index in [-0.39, 0.29) is 0 Å². The Morgan fingerprint density at radius 3 is 2.36 bits per heavy atom. The fourth-order valence-electron chi connectivity index (χ4n) is 1.09. The second-order valence-corrected chi connectivity index (χ2v) is 2.76. The van der Waals surface area contributed by atoms with Gasteiger partial charge in [-0.3, -0.25) is 4.79 Å². The summed E-state index contributed by atoms with van der Waals surface area (Å²) >= 11 is 0. The van der Waals surface area contributed by atoms with Gasteiger partial charge in [0.25, 0.3) is 0 Å². The molecular formula is C8H7BF2O3. The molecule has 14 heavy (non-hydrogen) atoms. The Kier molecular flexibility index (Phi) is 2.98. The van der Waals surface area contributed by atoms with Crippen molar-refractivity contribution >= 4 is 18.4 Å². The molecule has 0 amide bonds. The molecule has 1 aromatic carbocycles. The molecule has 6 heteroatoms. The molecule has 0 aliphatic heterocycles. The van der Waals surface area contributed by atoms with Gasteiger partial charge in [-0.2, -0.15) is 0 Å². The maximum atomic E-state index is 13.3. The molecule has 0 saturated carbocycles. The molecular weight excluding hydrogens is 193 g/mol. The molecule has 0 spiro atoms. The normalized spacial score (nSPS) is 10.1. The summed E-state index contributed by atoms with van der Waals surface area (Å²) in [6.45, 7) is 0.995. The van der Waals surface area contributed by atoms with Gasteiger partial charge < -0.3 is 10.0 Å². The number of hydrogen-bond donors (Lipinski definition) is 2. The Labute approximate surface area is 79.1 Å². The van der Waals surface area contributed by atoms with Crippen LogP contribution in [0.3, 0.4) is 0 Å². The van der Waals surface area contributed by atoms with Gasteiger partial charge in [0, 0.05) is 5.46 Å². The molecule has 0 bridgehead atoms. The minimum Gasteiger partial charge on any atom is -0.423 e. The fourth-order valence-corrected chi connectivity index (χ4v) is 1.09. The predicted octanol–water partition coefficient (Wildman–Crippen LogP) is -0.153. The largest absolute Gasteiger partial charge is 0.491 e. The third kappa shape index (κ3) is 1.81. The molecule has 0 aliphatic carbocycles. The standard InChI is InChI=1S/C8H7BF2O3/c1-4(12)7-6(10)3-2-5(8(7)11)9(13)14/h2-3,13-14H,1H3. The molecule has 1 rings (SSSR count). The van der Waals surface area contributed by atoms with E-state index in [4.69, 9.17) is 10.0 Å². The number of carbonyl (C=O) groups is 1. The van der Waals surface area contributed by atoms with Crippen LogP contribution in [-0.4, -0.2) is 22.9 Å². The second kappa shape index (κ2) is 3.85. The van der Waals surface area contributed by atoms with Crippen molar-refractivity contribution in [3.8, 4) is 0 Å². The quantitative estimate of drug-likeness (QED) is 0.515. The van der Waals surface area contributed by atoms with Crippen molar-refractivity contribution in [3.05, 3.63) is 29.3 Å². The van der Waals surface area contributed by atoms with E-state index in [1.165, 1.54) is 0 Å². The molecule has 0 saturated heterocycles. The van der Waals surface area contributed by atoms with Crippen LogP contribution in [0.2, 0.25) is 0 Å². The summed E-state index contributed by atoms with van der Waals surface area (Å²) in [4.78, 5) is 10.8. The average molecular weight is 200 g/mol. The van der Waals surface area contributed by atoms with Gasteiger partial charge in [0.1, 0.15) is 11.6 Å². The van der Waals surface area contributed by atoms with E-state index in [2.05, 4.69) is 0 Å². The second-order valence-electron chi connectivity index (χ2n) is 2.76. The van der Waals surface area contributed by atoms with Gasteiger partial charge >= 0.3 is 7.12 Å². The molecule has 0 fully saturated rings. The van der Waals surface area contributed by atoms with Crippen LogP contribution in [0, 0.1) is 11.6 Å². The highest BCUT2D eigenvalue weighted by atomic mass is 19.1. The van der Waals surface area contributed by atoms with E-state index < -0.39 is 35.6 Å². The van der Waals surface area contributed by atoms with E-state index in [1.807, 2.05) is 0 Å². The van der Waals surface area contributed by atoms with Gasteiger partial charge in [0.2, 0.25) is 0 Å². The summed E-state index contributed by atoms with van der Waals surface area (Å²) in [5.41, 5.74) is -1.27. The summed E-state index contributed by atoms with van der Waals surface area (Å²) in [7, 11) is -2.06. The van der Waals surface area contributed by atoms with Gasteiger partial charge in [0.05, 0.1) is 5.56 Å². The molecule has 0 heterocycles. The Bertz CT molecular complexity index is 379. The minimum atomic E-state index is -2.06. The fraction of sp³-hybridized carbons (Fsp3) is 0.125. The third-order valence-electron chi connectivity index (χ3n) is 1.75. The van der Waals surface area contributed by atoms with E-state index in [0.717, 1.165) is 19.1 Å². The van der Waals surface area contributed by atoms with Gasteiger partial charge in [-0.15, -0.1) is 0 Å². The van der Waals surface area contributed by atoms with Crippen molar-refractivity contribution in [2.24, 2.45) is 0 Å². The lowest BCUT2D eigenvalue weighted by molar-refractivity contribution is 0.101. The first kappa shape index (κ1) is 10.8. The zero-order valence-electron chi connectivity index (χ0n) is 7.29. The molecule has 0 aliphatic rings. The van der Waals surface area contributed by atoms with E-state index in [0.29, 0.717) is 0 Å². The first-order valence-corrected chi connectivity index (χ1v) is 3.80. The molecule has 0 aromatic heterocycles. The molecule has 2 N–H and O–H groups in total. The van der Waals surface area contributed by atoms with Gasteiger partial charge in [-0.25, -0.2) is 8.78 Å². The molecule has 1 aromatic rings. The van der Waals surface area contributed by atoms with Crippen molar-refractivity contribution < 1.29 is 23.6 Å². The SMILES string of the molecule is CC(=O)c1c(F)ccc(B(O)O)c1F. The number of hydrogen-bond acceptors (Lipinski definition) is 3. The number of halogens is 2. The van der Waals surface area contributed by atoms with E-state index >= 15 is 0 Å². The first-order valence-electron chi connectivity index (χ1n) is 3.80. The van der Waals surface area contributed by atoms with Crippen molar-refractivity contribution in [2.75, 3.05) is 0 Å². The van der Waals surface area contributed by atoms with Crippen LogP contribution in [0.4, 0.5) is 8.78 Å². The lowest BCUT2D eigenvalue weighted by Crippen LogP contribution is -2.34. The molecule has 0 atom stereocenters. The van der Waals surface area contributed by atoms with E-state index in [9.17, 15) is 13.6 Å². The highest BCUT2D eigenvalue weighted by molar-refractivity contribution is 6.58. The van der Waals surface area contributed by atoms with Crippen molar-refractivity contribution in [2.45, 2.75) is 6.92 Å². The van der Waals surface area contributed by atoms with E-state index in [1.54, 1.807) is 0 Å². The third-order valence-corrected chi connectivity index (χ3v) is 1.75. The van der Waals surface area contributed by atoms with Crippen LogP contribution >= 0.6 is 0 Å². The summed E-state index contributed by atoms with van der Waals surface area (Å²) in [5.74, 6) is -3.05. The monoisotopic (exact) mass is 200 g/mol. The number of Topliss-reactive ketones (excluding diaryl/α,β-unsaturated/α-hetero) is 1. The van der Waals surface area contributed by atoms with Crippen LogP contribution in [0.5, 0.6) is 0 Å². The van der Waals surface area contributed by atoms with Crippen molar-refractivity contribution in [3.63, 3.8) is 0 Å². The van der Waals surface area contributed by atoms with Gasteiger partial charge in [0.15, 0.2) is 5.78 Å². The summed E-state index contributed by atoms with van der Waals surface area (Å²) in [6.07, 6.45) is 0. The summed E-state index contributed by atoms with van der Waals surface area (Å²) in [5, 5.41) is 17.4. The highest BCUT2D eigenvalue weighted by Crippen LogP contribution is 2.11. The summed E-state index contributed by atoms with van der Waals surface area (Å²) in [6, 6.07) is 1.69. The number of rotatable bonds is 2. The number of carbonyl (C=O) groups excluding carboxylic acids is 1. The van der Waals surface area contributed by atoms with Crippen LogP contribution in [0.25, 0.3) is 0 Å². The highest BCUT2D eigenvalue weighted by Gasteiger charge is 2.23. The lowest BCUT2D eigenvalue weighted by Gasteiger charge is -2.05.